The largest absolute Gasteiger partial charge is 0.437 e. The normalized spacial score (nSPS) is 10.9. The Kier molecular flexibility index (Phi) is 4.13. The van der Waals surface area contributed by atoms with Crippen molar-refractivity contribution in [1.29, 1.82) is 0 Å². The number of nitro benzene ring substituents is 1. The Bertz CT molecular complexity index is 1180. The van der Waals surface area contributed by atoms with Crippen molar-refractivity contribution in [2.45, 2.75) is 0 Å². The Balaban J connectivity index is 1.78. The lowest BCUT2D eigenvalue weighted by Gasteiger charge is -2.11. The van der Waals surface area contributed by atoms with Crippen molar-refractivity contribution in [3.05, 3.63) is 75.8 Å². The number of hydrogen-bond donors (Lipinski definition) is 0. The van der Waals surface area contributed by atoms with E-state index in [2.05, 4.69) is 15.3 Å². The third-order valence-electron chi connectivity index (χ3n) is 3.72. The van der Waals surface area contributed by atoms with Gasteiger partial charge in [-0.3, -0.25) is 10.1 Å². The molecule has 0 aliphatic carbocycles. The fourth-order valence-corrected chi connectivity index (χ4v) is 2.68. The first kappa shape index (κ1) is 16.9. The van der Waals surface area contributed by atoms with Gasteiger partial charge in [0.15, 0.2) is 5.65 Å². The van der Waals surface area contributed by atoms with Gasteiger partial charge in [0.25, 0.3) is 5.69 Å². The molecule has 4 aromatic rings. The van der Waals surface area contributed by atoms with Crippen LogP contribution in [0.25, 0.3) is 16.8 Å². The van der Waals surface area contributed by atoms with E-state index in [-0.39, 0.29) is 22.6 Å². The maximum absolute atomic E-state index is 13.8. The van der Waals surface area contributed by atoms with Gasteiger partial charge in [0, 0.05) is 23.8 Å². The van der Waals surface area contributed by atoms with Crippen LogP contribution in [0.3, 0.4) is 0 Å². The van der Waals surface area contributed by atoms with Crippen LogP contribution in [-0.2, 0) is 0 Å². The second kappa shape index (κ2) is 6.61. The van der Waals surface area contributed by atoms with E-state index >= 15 is 0 Å². The minimum absolute atomic E-state index is 0.0634. The summed E-state index contributed by atoms with van der Waals surface area (Å²) in [6, 6.07) is 12.9. The predicted molar refractivity (Wildman–Crippen MR) is 94.4 cm³/mol. The van der Waals surface area contributed by atoms with Crippen LogP contribution in [0.2, 0.25) is 5.28 Å². The third kappa shape index (κ3) is 3.27. The maximum Gasteiger partial charge on any atom is 0.270 e. The molecule has 0 fully saturated rings. The van der Waals surface area contributed by atoms with Crippen molar-refractivity contribution in [1.82, 2.24) is 19.8 Å². The van der Waals surface area contributed by atoms with Gasteiger partial charge in [0.2, 0.25) is 11.2 Å². The van der Waals surface area contributed by atoms with Crippen LogP contribution in [0.15, 0.2) is 54.6 Å². The van der Waals surface area contributed by atoms with E-state index in [1.165, 1.54) is 40.9 Å². The van der Waals surface area contributed by atoms with Gasteiger partial charge in [-0.1, -0.05) is 12.1 Å². The van der Waals surface area contributed by atoms with Crippen molar-refractivity contribution in [2.75, 3.05) is 0 Å². The maximum atomic E-state index is 13.8. The van der Waals surface area contributed by atoms with Crippen LogP contribution in [-0.4, -0.2) is 24.7 Å². The molecule has 0 unspecified atom stereocenters. The molecule has 0 radical (unpaired) electrons. The average molecular weight is 386 g/mol. The van der Waals surface area contributed by atoms with Crippen molar-refractivity contribution in [3.8, 4) is 22.8 Å². The molecule has 0 amide bonds. The summed E-state index contributed by atoms with van der Waals surface area (Å²) in [4.78, 5) is 10.5. The molecule has 0 aliphatic rings. The van der Waals surface area contributed by atoms with Crippen molar-refractivity contribution >= 4 is 22.9 Å². The quantitative estimate of drug-likeness (QED) is 0.384. The van der Waals surface area contributed by atoms with Gasteiger partial charge in [0.1, 0.15) is 11.6 Å². The Hall–Kier alpha value is -3.59. The molecule has 0 aliphatic heterocycles. The fourth-order valence-electron chi connectivity index (χ4n) is 2.52. The predicted octanol–water partition coefficient (Wildman–Crippen LogP) is 4.28. The number of nitrogens with zero attached hydrogens (tertiary/aromatic N) is 5. The highest BCUT2D eigenvalue weighted by molar-refractivity contribution is 6.28. The van der Waals surface area contributed by atoms with E-state index in [1.807, 2.05) is 0 Å². The Morgan fingerprint density at radius 3 is 2.78 bits per heavy atom. The van der Waals surface area contributed by atoms with E-state index in [1.54, 1.807) is 18.2 Å². The molecule has 27 heavy (non-hydrogen) atoms. The lowest BCUT2D eigenvalue weighted by atomic mass is 10.0. The number of ether oxygens (including phenoxy) is 1. The molecule has 2 aromatic carbocycles. The highest BCUT2D eigenvalue weighted by atomic mass is 35.5. The molecule has 0 saturated heterocycles. The number of hydrogen-bond acceptors (Lipinski definition) is 6. The van der Waals surface area contributed by atoms with Crippen LogP contribution in [0, 0.1) is 15.9 Å². The van der Waals surface area contributed by atoms with E-state index in [9.17, 15) is 14.5 Å². The van der Waals surface area contributed by atoms with Crippen LogP contribution in [0.1, 0.15) is 0 Å². The number of benzene rings is 2. The molecule has 0 bridgehead atoms. The lowest BCUT2D eigenvalue weighted by molar-refractivity contribution is -0.384. The highest BCUT2D eigenvalue weighted by Gasteiger charge is 2.14. The number of nitro groups is 1. The second-order valence-corrected chi connectivity index (χ2v) is 5.80. The van der Waals surface area contributed by atoms with Gasteiger partial charge < -0.3 is 4.74 Å². The number of rotatable bonds is 4. The van der Waals surface area contributed by atoms with Gasteiger partial charge in [0.05, 0.1) is 4.92 Å². The van der Waals surface area contributed by atoms with E-state index in [4.69, 9.17) is 16.3 Å². The zero-order valence-corrected chi connectivity index (χ0v) is 14.2. The van der Waals surface area contributed by atoms with Crippen LogP contribution in [0.5, 0.6) is 11.6 Å². The van der Waals surface area contributed by atoms with Crippen molar-refractivity contribution in [3.63, 3.8) is 0 Å². The number of non-ortho nitro benzene ring substituents is 1. The molecule has 4 rings (SSSR count). The summed E-state index contributed by atoms with van der Waals surface area (Å²) in [7, 11) is 0. The van der Waals surface area contributed by atoms with Crippen LogP contribution in [0.4, 0.5) is 10.1 Å². The first-order valence-electron chi connectivity index (χ1n) is 7.61. The van der Waals surface area contributed by atoms with Crippen molar-refractivity contribution in [2.24, 2.45) is 0 Å². The molecule has 10 heteroatoms. The SMILES string of the molecule is O=[N+]([O-])c1cccc(-c2cc(F)ccc2Oc2ccc3nnc(Cl)n3n2)c1. The zero-order chi connectivity index (χ0) is 19.0. The van der Waals surface area contributed by atoms with Crippen LogP contribution < -0.4 is 4.74 Å². The monoisotopic (exact) mass is 385 g/mol. The summed E-state index contributed by atoms with van der Waals surface area (Å²) >= 11 is 5.90. The molecule has 134 valence electrons. The molecule has 0 atom stereocenters. The van der Waals surface area contributed by atoms with Gasteiger partial charge in [-0.15, -0.1) is 15.3 Å². The van der Waals surface area contributed by atoms with Gasteiger partial charge in [-0.2, -0.15) is 4.52 Å². The molecular formula is C17H9ClFN5O3. The Labute approximate surface area is 155 Å². The first-order valence-corrected chi connectivity index (χ1v) is 7.99. The summed E-state index contributed by atoms with van der Waals surface area (Å²) in [5.41, 5.74) is 1.10. The molecular weight excluding hydrogens is 377 g/mol. The summed E-state index contributed by atoms with van der Waals surface area (Å²) < 4.78 is 20.9. The number of fused-ring (bicyclic) bond motifs is 1. The topological polar surface area (TPSA) is 95.5 Å². The minimum Gasteiger partial charge on any atom is -0.437 e. The first-order chi connectivity index (χ1) is 13.0. The van der Waals surface area contributed by atoms with Crippen molar-refractivity contribution < 1.29 is 14.1 Å². The minimum atomic E-state index is -0.521. The summed E-state index contributed by atoms with van der Waals surface area (Å²) in [6.07, 6.45) is 0. The molecule has 0 N–H and O–H groups in total. The Morgan fingerprint density at radius 2 is 1.96 bits per heavy atom. The lowest BCUT2D eigenvalue weighted by Crippen LogP contribution is -1.97. The molecule has 0 spiro atoms. The van der Waals surface area contributed by atoms with E-state index in [0.717, 1.165) is 0 Å². The molecule has 2 heterocycles. The molecule has 8 nitrogen and oxygen atoms in total. The molecule has 2 aromatic heterocycles. The fraction of sp³-hybridized carbons (Fsp3) is 0. The van der Waals surface area contributed by atoms with E-state index in [0.29, 0.717) is 16.8 Å². The zero-order valence-electron chi connectivity index (χ0n) is 13.4. The number of aromatic nitrogens is 4. The highest BCUT2D eigenvalue weighted by Crippen LogP contribution is 2.35. The second-order valence-electron chi connectivity index (χ2n) is 5.46. The number of halogens is 2. The van der Waals surface area contributed by atoms with Crippen LogP contribution >= 0.6 is 11.6 Å². The third-order valence-corrected chi connectivity index (χ3v) is 3.96. The van der Waals surface area contributed by atoms with E-state index < -0.39 is 10.7 Å². The Morgan fingerprint density at radius 1 is 1.11 bits per heavy atom. The average Bonchev–Trinajstić information content (AvgIpc) is 3.04. The summed E-state index contributed by atoms with van der Waals surface area (Å²) in [5.74, 6) is -0.0652. The summed E-state index contributed by atoms with van der Waals surface area (Å²) in [5, 5.41) is 22.8. The van der Waals surface area contributed by atoms with Gasteiger partial charge in [-0.25, -0.2) is 4.39 Å². The summed E-state index contributed by atoms with van der Waals surface area (Å²) in [6.45, 7) is 0. The standard InChI is InChI=1S/C17H9ClFN5O3/c18-17-21-20-15-6-7-16(22-23(15)17)27-14-5-4-11(19)9-13(14)10-2-1-3-12(8-10)24(25)26/h1-9H. The van der Waals surface area contributed by atoms with Gasteiger partial charge >= 0.3 is 0 Å². The molecule has 0 saturated carbocycles. The van der Waals surface area contributed by atoms with Gasteiger partial charge in [-0.05, 0) is 41.4 Å². The smallest absolute Gasteiger partial charge is 0.270 e.